The largest absolute Gasteiger partial charge is 0.497 e. The van der Waals surface area contributed by atoms with Crippen LogP contribution in [0.1, 0.15) is 11.1 Å². The Balaban J connectivity index is 2.13. The number of aryl methyl sites for hydroxylation is 1. The minimum Gasteiger partial charge on any atom is -0.497 e. The Bertz CT molecular complexity index is 577. The standard InChI is InChI=1S/C16H18BrNO2/c1-11-4-5-12(16(17)6-11)10-18-13-7-14(19-2)9-15(8-13)20-3/h4-9,18H,10H2,1-3H3. The molecule has 0 amide bonds. The van der Waals surface area contributed by atoms with Gasteiger partial charge >= 0.3 is 0 Å². The summed E-state index contributed by atoms with van der Waals surface area (Å²) in [5.41, 5.74) is 3.41. The number of rotatable bonds is 5. The Kier molecular flexibility index (Phi) is 4.90. The number of halogens is 1. The van der Waals surface area contributed by atoms with E-state index in [9.17, 15) is 0 Å². The van der Waals surface area contributed by atoms with Crippen LogP contribution in [0.2, 0.25) is 0 Å². The fraction of sp³-hybridized carbons (Fsp3) is 0.250. The molecule has 0 atom stereocenters. The monoisotopic (exact) mass is 335 g/mol. The molecule has 0 fully saturated rings. The molecule has 0 saturated heterocycles. The van der Waals surface area contributed by atoms with Gasteiger partial charge in [-0.3, -0.25) is 0 Å². The zero-order chi connectivity index (χ0) is 14.5. The molecule has 0 heterocycles. The van der Waals surface area contributed by atoms with Crippen LogP contribution in [0.25, 0.3) is 0 Å². The second-order valence-electron chi connectivity index (χ2n) is 4.55. The first-order valence-electron chi connectivity index (χ1n) is 6.34. The molecule has 0 unspecified atom stereocenters. The van der Waals surface area contributed by atoms with Gasteiger partial charge in [0, 0.05) is 34.9 Å². The Morgan fingerprint density at radius 3 is 2.20 bits per heavy atom. The van der Waals surface area contributed by atoms with E-state index in [1.54, 1.807) is 14.2 Å². The maximum atomic E-state index is 5.26. The zero-order valence-electron chi connectivity index (χ0n) is 11.9. The summed E-state index contributed by atoms with van der Waals surface area (Å²) in [5.74, 6) is 1.55. The van der Waals surface area contributed by atoms with E-state index in [2.05, 4.69) is 46.4 Å². The van der Waals surface area contributed by atoms with Crippen LogP contribution in [-0.2, 0) is 6.54 Å². The molecule has 0 aliphatic carbocycles. The van der Waals surface area contributed by atoms with Crippen molar-refractivity contribution in [2.24, 2.45) is 0 Å². The quantitative estimate of drug-likeness (QED) is 0.879. The summed E-state index contributed by atoms with van der Waals surface area (Å²) in [6, 6.07) is 12.1. The number of nitrogens with one attached hydrogen (secondary N) is 1. The number of ether oxygens (including phenoxy) is 2. The van der Waals surface area contributed by atoms with Gasteiger partial charge in [0.15, 0.2) is 0 Å². The molecular formula is C16H18BrNO2. The smallest absolute Gasteiger partial charge is 0.124 e. The fourth-order valence-electron chi connectivity index (χ4n) is 1.90. The third-order valence-electron chi connectivity index (χ3n) is 3.04. The average Bonchev–Trinajstić information content (AvgIpc) is 2.46. The molecule has 0 saturated carbocycles. The first kappa shape index (κ1) is 14.7. The maximum Gasteiger partial charge on any atom is 0.124 e. The highest BCUT2D eigenvalue weighted by Crippen LogP contribution is 2.27. The zero-order valence-corrected chi connectivity index (χ0v) is 13.5. The van der Waals surface area contributed by atoms with E-state index in [1.807, 2.05) is 18.2 Å². The highest BCUT2D eigenvalue weighted by Gasteiger charge is 2.04. The van der Waals surface area contributed by atoms with Gasteiger partial charge in [-0.2, -0.15) is 0 Å². The highest BCUT2D eigenvalue weighted by atomic mass is 79.9. The maximum absolute atomic E-state index is 5.26. The van der Waals surface area contributed by atoms with Crippen molar-refractivity contribution in [2.45, 2.75) is 13.5 Å². The van der Waals surface area contributed by atoms with Crippen molar-refractivity contribution >= 4 is 21.6 Å². The molecule has 2 rings (SSSR count). The van der Waals surface area contributed by atoms with Crippen molar-refractivity contribution in [2.75, 3.05) is 19.5 Å². The Labute approximate surface area is 128 Å². The molecule has 0 bridgehead atoms. The summed E-state index contributed by atoms with van der Waals surface area (Å²) >= 11 is 3.59. The van der Waals surface area contributed by atoms with Crippen molar-refractivity contribution in [3.8, 4) is 11.5 Å². The number of hydrogen-bond donors (Lipinski definition) is 1. The van der Waals surface area contributed by atoms with Crippen LogP contribution in [0, 0.1) is 6.92 Å². The van der Waals surface area contributed by atoms with Gasteiger partial charge in [-0.05, 0) is 24.1 Å². The molecule has 3 nitrogen and oxygen atoms in total. The lowest BCUT2D eigenvalue weighted by molar-refractivity contribution is 0.394. The SMILES string of the molecule is COc1cc(NCc2ccc(C)cc2Br)cc(OC)c1. The minimum absolute atomic E-state index is 0.733. The average molecular weight is 336 g/mol. The molecule has 0 aliphatic rings. The van der Waals surface area contributed by atoms with Crippen LogP contribution in [0.5, 0.6) is 11.5 Å². The Hall–Kier alpha value is -1.68. The van der Waals surface area contributed by atoms with E-state index in [0.717, 1.165) is 28.2 Å². The van der Waals surface area contributed by atoms with E-state index in [1.165, 1.54) is 11.1 Å². The van der Waals surface area contributed by atoms with E-state index < -0.39 is 0 Å². The van der Waals surface area contributed by atoms with Gasteiger partial charge in [-0.15, -0.1) is 0 Å². The normalized spacial score (nSPS) is 10.2. The molecule has 2 aromatic rings. The predicted octanol–water partition coefficient (Wildman–Crippen LogP) is 4.39. The highest BCUT2D eigenvalue weighted by molar-refractivity contribution is 9.10. The van der Waals surface area contributed by atoms with Crippen LogP contribution < -0.4 is 14.8 Å². The van der Waals surface area contributed by atoms with Gasteiger partial charge in [-0.25, -0.2) is 0 Å². The van der Waals surface area contributed by atoms with Crippen LogP contribution >= 0.6 is 15.9 Å². The van der Waals surface area contributed by atoms with Crippen molar-refractivity contribution in [3.05, 3.63) is 52.0 Å². The van der Waals surface area contributed by atoms with Gasteiger partial charge in [0.2, 0.25) is 0 Å². The molecule has 20 heavy (non-hydrogen) atoms. The summed E-state index contributed by atoms with van der Waals surface area (Å²) in [5, 5.41) is 3.38. The summed E-state index contributed by atoms with van der Waals surface area (Å²) in [7, 11) is 3.30. The third kappa shape index (κ3) is 3.67. The second-order valence-corrected chi connectivity index (χ2v) is 5.40. The first-order chi connectivity index (χ1) is 9.62. The van der Waals surface area contributed by atoms with Gasteiger partial charge in [0.1, 0.15) is 11.5 Å². The second kappa shape index (κ2) is 6.66. The number of anilines is 1. The molecule has 0 aliphatic heterocycles. The molecule has 2 aromatic carbocycles. The van der Waals surface area contributed by atoms with Gasteiger partial charge in [0.05, 0.1) is 14.2 Å². The first-order valence-corrected chi connectivity index (χ1v) is 7.13. The molecular weight excluding hydrogens is 318 g/mol. The lowest BCUT2D eigenvalue weighted by atomic mass is 10.1. The van der Waals surface area contributed by atoms with E-state index in [0.29, 0.717) is 0 Å². The van der Waals surface area contributed by atoms with Crippen molar-refractivity contribution < 1.29 is 9.47 Å². The number of hydrogen-bond acceptors (Lipinski definition) is 3. The molecule has 106 valence electrons. The van der Waals surface area contributed by atoms with Crippen molar-refractivity contribution in [1.82, 2.24) is 0 Å². The van der Waals surface area contributed by atoms with Crippen LogP contribution in [-0.4, -0.2) is 14.2 Å². The van der Waals surface area contributed by atoms with Crippen molar-refractivity contribution in [3.63, 3.8) is 0 Å². The third-order valence-corrected chi connectivity index (χ3v) is 3.78. The molecule has 0 spiro atoms. The molecule has 0 radical (unpaired) electrons. The number of benzene rings is 2. The molecule has 4 heteroatoms. The van der Waals surface area contributed by atoms with E-state index in [4.69, 9.17) is 9.47 Å². The van der Waals surface area contributed by atoms with Gasteiger partial charge in [0.25, 0.3) is 0 Å². The number of methoxy groups -OCH3 is 2. The minimum atomic E-state index is 0.733. The fourth-order valence-corrected chi connectivity index (χ4v) is 2.54. The van der Waals surface area contributed by atoms with Gasteiger partial charge < -0.3 is 14.8 Å². The molecule has 0 aromatic heterocycles. The van der Waals surface area contributed by atoms with E-state index in [-0.39, 0.29) is 0 Å². The predicted molar refractivity (Wildman–Crippen MR) is 85.8 cm³/mol. The van der Waals surface area contributed by atoms with Crippen LogP contribution in [0.15, 0.2) is 40.9 Å². The summed E-state index contributed by atoms with van der Waals surface area (Å²) in [4.78, 5) is 0. The molecule has 1 N–H and O–H groups in total. The summed E-state index contributed by atoms with van der Waals surface area (Å²) in [6.07, 6.45) is 0. The Morgan fingerprint density at radius 1 is 1.00 bits per heavy atom. The topological polar surface area (TPSA) is 30.5 Å². The lowest BCUT2D eigenvalue weighted by Gasteiger charge is -2.12. The summed E-state index contributed by atoms with van der Waals surface area (Å²) in [6.45, 7) is 2.81. The van der Waals surface area contributed by atoms with Crippen LogP contribution in [0.3, 0.4) is 0 Å². The summed E-state index contributed by atoms with van der Waals surface area (Å²) < 4.78 is 11.6. The van der Waals surface area contributed by atoms with Gasteiger partial charge in [-0.1, -0.05) is 28.1 Å². The van der Waals surface area contributed by atoms with Crippen LogP contribution in [0.4, 0.5) is 5.69 Å². The van der Waals surface area contributed by atoms with E-state index >= 15 is 0 Å². The lowest BCUT2D eigenvalue weighted by Crippen LogP contribution is -2.01. The Morgan fingerprint density at radius 2 is 1.65 bits per heavy atom. The van der Waals surface area contributed by atoms with Crippen molar-refractivity contribution in [1.29, 1.82) is 0 Å².